The van der Waals surface area contributed by atoms with E-state index >= 15 is 0 Å². The summed E-state index contributed by atoms with van der Waals surface area (Å²) < 4.78 is 9.20. The second-order valence-electron chi connectivity index (χ2n) is 3.83. The van der Waals surface area contributed by atoms with Crippen molar-refractivity contribution in [1.29, 1.82) is 0 Å². The molecule has 0 heterocycles. The molecule has 0 unspecified atom stereocenters. The van der Waals surface area contributed by atoms with Crippen LogP contribution in [0.4, 0.5) is 4.79 Å². The van der Waals surface area contributed by atoms with E-state index in [1.165, 1.54) is 38.5 Å². The van der Waals surface area contributed by atoms with Crippen LogP contribution in [0.1, 0.15) is 58.3 Å². The summed E-state index contributed by atoms with van der Waals surface area (Å²) in [7, 11) is 0. The maximum Gasteiger partial charge on any atom is 0.509 e. The van der Waals surface area contributed by atoms with Crippen LogP contribution >= 0.6 is 11.6 Å². The first-order valence-electron chi connectivity index (χ1n) is 6.16. The van der Waals surface area contributed by atoms with Crippen molar-refractivity contribution in [1.82, 2.24) is 0 Å². The van der Waals surface area contributed by atoms with Crippen LogP contribution in [0, 0.1) is 0 Å². The zero-order valence-electron chi connectivity index (χ0n) is 10.2. The van der Waals surface area contributed by atoms with Gasteiger partial charge in [-0.25, -0.2) is 4.79 Å². The third-order valence-corrected chi connectivity index (χ3v) is 2.50. The number of ether oxygens (including phenoxy) is 2. The molecular formula is C12H23ClO3. The highest BCUT2D eigenvalue weighted by Gasteiger charge is 2.00. The Hall–Kier alpha value is -0.440. The van der Waals surface area contributed by atoms with Gasteiger partial charge in [0, 0.05) is 0 Å². The fourth-order valence-corrected chi connectivity index (χ4v) is 1.57. The van der Waals surface area contributed by atoms with E-state index in [1.807, 2.05) is 0 Å². The quantitative estimate of drug-likeness (QED) is 0.326. The van der Waals surface area contributed by atoms with E-state index in [9.17, 15) is 4.79 Å². The molecule has 4 heteroatoms. The molecule has 0 aliphatic heterocycles. The van der Waals surface area contributed by atoms with E-state index in [0.717, 1.165) is 12.8 Å². The Kier molecular flexibility index (Phi) is 12.3. The molecule has 16 heavy (non-hydrogen) atoms. The molecule has 0 saturated carbocycles. The third-order valence-electron chi connectivity index (χ3n) is 2.39. The Labute approximate surface area is 103 Å². The van der Waals surface area contributed by atoms with E-state index in [4.69, 9.17) is 16.3 Å². The number of carbonyl (C=O) groups excluding carboxylic acids is 1. The summed E-state index contributed by atoms with van der Waals surface area (Å²) in [6.45, 7) is 2.65. The average Bonchev–Trinajstić information content (AvgIpc) is 2.27. The molecule has 0 atom stereocenters. The van der Waals surface area contributed by atoms with Gasteiger partial charge in [-0.3, -0.25) is 0 Å². The first-order chi connectivity index (χ1) is 7.81. The van der Waals surface area contributed by atoms with Gasteiger partial charge in [-0.05, 0) is 6.42 Å². The first kappa shape index (κ1) is 15.6. The zero-order chi connectivity index (χ0) is 12.1. The molecule has 0 aliphatic rings. The Morgan fingerprint density at radius 2 is 1.50 bits per heavy atom. The Morgan fingerprint density at radius 3 is 2.06 bits per heavy atom. The highest BCUT2D eigenvalue weighted by atomic mass is 35.5. The van der Waals surface area contributed by atoms with Crippen molar-refractivity contribution in [3.63, 3.8) is 0 Å². The summed E-state index contributed by atoms with van der Waals surface area (Å²) in [5, 5.41) is 0. The maximum absolute atomic E-state index is 10.7. The second-order valence-corrected chi connectivity index (χ2v) is 4.04. The largest absolute Gasteiger partial charge is 0.509 e. The maximum atomic E-state index is 10.7. The van der Waals surface area contributed by atoms with E-state index in [2.05, 4.69) is 11.7 Å². The summed E-state index contributed by atoms with van der Waals surface area (Å²) in [6, 6.07) is -0.143. The summed E-state index contributed by atoms with van der Waals surface area (Å²) in [5.41, 5.74) is 0. The predicted octanol–water partition coefficient (Wildman–Crippen LogP) is 4.48. The van der Waals surface area contributed by atoms with Crippen LogP contribution in [0.25, 0.3) is 0 Å². The summed E-state index contributed by atoms with van der Waals surface area (Å²) >= 11 is 5.20. The highest BCUT2D eigenvalue weighted by Crippen LogP contribution is 2.08. The molecule has 3 nitrogen and oxygen atoms in total. The van der Waals surface area contributed by atoms with Crippen LogP contribution in [0.5, 0.6) is 0 Å². The second kappa shape index (κ2) is 12.6. The van der Waals surface area contributed by atoms with Gasteiger partial charge in [0.15, 0.2) is 6.07 Å². The number of alkyl halides is 1. The van der Waals surface area contributed by atoms with Crippen molar-refractivity contribution < 1.29 is 14.3 Å². The molecule has 0 radical (unpaired) electrons. The lowest BCUT2D eigenvalue weighted by Crippen LogP contribution is -2.07. The van der Waals surface area contributed by atoms with Crippen molar-refractivity contribution in [3.05, 3.63) is 0 Å². The molecule has 0 aromatic carbocycles. The van der Waals surface area contributed by atoms with Crippen LogP contribution in [0.15, 0.2) is 0 Å². The molecule has 0 aromatic rings. The van der Waals surface area contributed by atoms with E-state index in [0.29, 0.717) is 6.61 Å². The number of hydrogen-bond acceptors (Lipinski definition) is 3. The van der Waals surface area contributed by atoms with Crippen molar-refractivity contribution in [2.45, 2.75) is 58.3 Å². The summed E-state index contributed by atoms with van der Waals surface area (Å²) in [6.07, 6.45) is 9.15. The molecule has 0 aromatic heterocycles. The van der Waals surface area contributed by atoms with Gasteiger partial charge >= 0.3 is 6.16 Å². The topological polar surface area (TPSA) is 35.5 Å². The number of unbranched alkanes of at least 4 members (excludes halogenated alkanes) is 7. The van der Waals surface area contributed by atoms with Gasteiger partial charge < -0.3 is 9.47 Å². The fraction of sp³-hybridized carbons (Fsp3) is 0.917. The highest BCUT2D eigenvalue weighted by molar-refractivity contribution is 6.17. The predicted molar refractivity (Wildman–Crippen MR) is 65.8 cm³/mol. The smallest absolute Gasteiger partial charge is 0.434 e. The van der Waals surface area contributed by atoms with Crippen molar-refractivity contribution in [2.24, 2.45) is 0 Å². The van der Waals surface area contributed by atoms with Gasteiger partial charge in [-0.2, -0.15) is 0 Å². The van der Waals surface area contributed by atoms with Crippen molar-refractivity contribution in [2.75, 3.05) is 12.7 Å². The van der Waals surface area contributed by atoms with E-state index in [1.54, 1.807) is 0 Å². The Bertz CT molecular complexity index is 162. The monoisotopic (exact) mass is 250 g/mol. The van der Waals surface area contributed by atoms with Gasteiger partial charge in [0.05, 0.1) is 6.61 Å². The van der Waals surface area contributed by atoms with Gasteiger partial charge in [0.2, 0.25) is 0 Å². The van der Waals surface area contributed by atoms with Gasteiger partial charge in [0.1, 0.15) is 0 Å². The SMILES string of the molecule is CCCCCCCCCCOC(=O)OCCl. The number of carbonyl (C=O) groups is 1. The number of halogens is 1. The van der Waals surface area contributed by atoms with Crippen LogP contribution in [-0.4, -0.2) is 18.8 Å². The minimum atomic E-state index is -0.669. The molecule has 0 rings (SSSR count). The molecular weight excluding hydrogens is 228 g/mol. The number of rotatable bonds is 10. The molecule has 0 aliphatic carbocycles. The van der Waals surface area contributed by atoms with Gasteiger partial charge in [0.25, 0.3) is 0 Å². The molecule has 0 spiro atoms. The molecule has 0 amide bonds. The minimum absolute atomic E-state index is 0.143. The van der Waals surface area contributed by atoms with Crippen LogP contribution in [-0.2, 0) is 9.47 Å². The van der Waals surface area contributed by atoms with Crippen LogP contribution in [0.2, 0.25) is 0 Å². The third kappa shape index (κ3) is 11.6. The van der Waals surface area contributed by atoms with Gasteiger partial charge in [-0.1, -0.05) is 63.5 Å². The number of hydrogen-bond donors (Lipinski definition) is 0. The molecule has 96 valence electrons. The molecule has 0 saturated heterocycles. The van der Waals surface area contributed by atoms with Crippen LogP contribution in [0.3, 0.4) is 0 Å². The zero-order valence-corrected chi connectivity index (χ0v) is 10.9. The fourth-order valence-electron chi connectivity index (χ4n) is 1.48. The van der Waals surface area contributed by atoms with Crippen LogP contribution < -0.4 is 0 Å². The van der Waals surface area contributed by atoms with E-state index in [-0.39, 0.29) is 6.07 Å². The Morgan fingerprint density at radius 1 is 0.938 bits per heavy atom. The van der Waals surface area contributed by atoms with Crippen molar-refractivity contribution in [3.8, 4) is 0 Å². The average molecular weight is 251 g/mol. The van der Waals surface area contributed by atoms with E-state index < -0.39 is 6.16 Å². The van der Waals surface area contributed by atoms with Gasteiger partial charge in [-0.15, -0.1) is 0 Å². The lowest BCUT2D eigenvalue weighted by atomic mass is 10.1. The first-order valence-corrected chi connectivity index (χ1v) is 6.70. The molecule has 0 bridgehead atoms. The lowest BCUT2D eigenvalue weighted by Gasteiger charge is -2.03. The molecule has 0 fully saturated rings. The minimum Gasteiger partial charge on any atom is -0.434 e. The standard InChI is InChI=1S/C12H23ClO3/c1-2-3-4-5-6-7-8-9-10-15-12(14)16-11-13/h2-11H2,1H3. The van der Waals surface area contributed by atoms with Crippen molar-refractivity contribution >= 4 is 17.8 Å². The normalized spacial score (nSPS) is 10.1. The summed E-state index contributed by atoms with van der Waals surface area (Å²) in [5.74, 6) is 0. The summed E-state index contributed by atoms with van der Waals surface area (Å²) in [4.78, 5) is 10.7. The molecule has 0 N–H and O–H groups in total. The Balaban J connectivity index is 3.01. The lowest BCUT2D eigenvalue weighted by molar-refractivity contribution is 0.0664.